The zero-order valence-electron chi connectivity index (χ0n) is 9.19. The van der Waals surface area contributed by atoms with Crippen molar-refractivity contribution in [3.8, 4) is 0 Å². The Morgan fingerprint density at radius 1 is 1.21 bits per heavy atom. The predicted molar refractivity (Wildman–Crippen MR) is 53.8 cm³/mol. The van der Waals surface area contributed by atoms with Crippen LogP contribution in [0.2, 0.25) is 0 Å². The normalized spacial score (nSPS) is 11.4. The van der Waals surface area contributed by atoms with Crippen LogP contribution >= 0.6 is 0 Å². The van der Waals surface area contributed by atoms with Crippen molar-refractivity contribution in [2.75, 3.05) is 27.6 Å². The van der Waals surface area contributed by atoms with E-state index in [1.54, 1.807) is 20.5 Å². The minimum Gasteiger partial charge on any atom is -0.475 e. The third kappa shape index (κ3) is 8.04. The Hall–Kier alpha value is -0.580. The summed E-state index contributed by atoms with van der Waals surface area (Å²) in [6.45, 7) is 2.91. The Kier molecular flexibility index (Phi) is 10.1. The fourth-order valence-corrected chi connectivity index (χ4v) is 0.871. The quantitative estimate of drug-likeness (QED) is 0.326. The van der Waals surface area contributed by atoms with Crippen LogP contribution in [0, 0.1) is 0 Å². The third-order valence-electron chi connectivity index (χ3n) is 1.64. The van der Waals surface area contributed by atoms with E-state index < -0.39 is 0 Å². The van der Waals surface area contributed by atoms with Crippen LogP contribution in [0.4, 0.5) is 0 Å². The summed E-state index contributed by atoms with van der Waals surface area (Å²) >= 11 is 0. The molecule has 0 aliphatic rings. The molecule has 0 bridgehead atoms. The first-order valence-electron chi connectivity index (χ1n) is 4.75. The van der Waals surface area contributed by atoms with E-state index in [0.717, 1.165) is 12.8 Å². The molecule has 0 saturated heterocycles. The van der Waals surface area contributed by atoms with Gasteiger partial charge >= 0.3 is 0 Å². The second kappa shape index (κ2) is 10.5. The topological polar surface area (TPSA) is 36.9 Å². The first kappa shape index (κ1) is 13.4. The molecule has 0 spiro atoms. The third-order valence-corrected chi connectivity index (χ3v) is 1.64. The summed E-state index contributed by atoms with van der Waals surface area (Å²) < 4.78 is 20.1. The molecule has 0 aliphatic heterocycles. The molecule has 0 aromatic carbocycles. The highest BCUT2D eigenvalue weighted by atomic mass is 16.7. The molecule has 84 valence electrons. The Morgan fingerprint density at radius 3 is 2.50 bits per heavy atom. The number of allylic oxidation sites excluding steroid dienone is 1. The van der Waals surface area contributed by atoms with E-state index in [9.17, 15) is 0 Å². The summed E-state index contributed by atoms with van der Waals surface area (Å²) in [4.78, 5) is 0. The molecule has 0 aromatic rings. The fourth-order valence-electron chi connectivity index (χ4n) is 0.871. The molecule has 0 saturated carbocycles. The van der Waals surface area contributed by atoms with E-state index in [1.165, 1.54) is 0 Å². The summed E-state index contributed by atoms with van der Waals surface area (Å²) in [7, 11) is 3.26. The maximum Gasteiger partial charge on any atom is 0.188 e. The molecule has 0 amide bonds. The van der Waals surface area contributed by atoms with Gasteiger partial charge in [-0.05, 0) is 19.4 Å². The lowest BCUT2D eigenvalue weighted by Gasteiger charge is -2.10. The minimum absolute atomic E-state index is 0.133. The fraction of sp³-hybridized carbons (Fsp3) is 0.800. The van der Waals surface area contributed by atoms with Gasteiger partial charge in [0.25, 0.3) is 0 Å². The first-order valence-corrected chi connectivity index (χ1v) is 4.75. The van der Waals surface area contributed by atoms with Crippen LogP contribution in [0.25, 0.3) is 0 Å². The lowest BCUT2D eigenvalue weighted by atomic mass is 10.3. The zero-order valence-corrected chi connectivity index (χ0v) is 9.19. The van der Waals surface area contributed by atoms with Crippen molar-refractivity contribution in [2.45, 2.75) is 26.1 Å². The smallest absolute Gasteiger partial charge is 0.188 e. The molecule has 0 heterocycles. The Balaban J connectivity index is 3.25. The Morgan fingerprint density at radius 2 is 1.93 bits per heavy atom. The van der Waals surface area contributed by atoms with E-state index in [-0.39, 0.29) is 6.29 Å². The zero-order chi connectivity index (χ0) is 10.6. The molecule has 4 nitrogen and oxygen atoms in total. The predicted octanol–water partition coefficient (Wildman–Crippen LogP) is 1.91. The maximum atomic E-state index is 5.04. The average molecular weight is 204 g/mol. The van der Waals surface area contributed by atoms with Gasteiger partial charge in [0.1, 0.15) is 0 Å². The summed E-state index contributed by atoms with van der Waals surface area (Å²) in [6.07, 6.45) is 5.11. The average Bonchev–Trinajstić information content (AvgIpc) is 2.22. The van der Waals surface area contributed by atoms with Crippen LogP contribution in [0.5, 0.6) is 0 Å². The van der Waals surface area contributed by atoms with Crippen LogP contribution in [0.3, 0.4) is 0 Å². The van der Waals surface area contributed by atoms with E-state index in [0.29, 0.717) is 13.4 Å². The minimum atomic E-state index is -0.133. The molecule has 0 radical (unpaired) electrons. The van der Waals surface area contributed by atoms with Gasteiger partial charge in [-0.2, -0.15) is 0 Å². The number of methoxy groups -OCH3 is 2. The highest BCUT2D eigenvalue weighted by Crippen LogP contribution is 2.02. The van der Waals surface area contributed by atoms with Gasteiger partial charge in [0.2, 0.25) is 0 Å². The molecule has 0 aliphatic carbocycles. The number of hydrogen-bond donors (Lipinski definition) is 0. The van der Waals surface area contributed by atoms with Crippen molar-refractivity contribution >= 4 is 0 Å². The molecule has 0 unspecified atom stereocenters. The van der Waals surface area contributed by atoms with Gasteiger partial charge in [0.05, 0.1) is 6.26 Å². The Bertz CT molecular complexity index is 132. The lowest BCUT2D eigenvalue weighted by Crippen LogP contribution is -2.11. The van der Waals surface area contributed by atoms with Gasteiger partial charge in [-0.25, -0.2) is 0 Å². The molecule has 4 heteroatoms. The van der Waals surface area contributed by atoms with Gasteiger partial charge in [0.15, 0.2) is 13.1 Å². The standard InChI is InChI=1S/C10H20O4/c1-4-13-9-14-8-6-5-7-10(11-2)12-3/h6,8,10H,4-5,7,9H2,1-3H3. The molecular weight excluding hydrogens is 184 g/mol. The second-order valence-electron chi connectivity index (χ2n) is 2.63. The molecule has 0 fully saturated rings. The molecule has 0 aromatic heterocycles. The van der Waals surface area contributed by atoms with Gasteiger partial charge in [-0.3, -0.25) is 0 Å². The van der Waals surface area contributed by atoms with Gasteiger partial charge < -0.3 is 18.9 Å². The number of hydrogen-bond acceptors (Lipinski definition) is 4. The van der Waals surface area contributed by atoms with Crippen LogP contribution < -0.4 is 0 Å². The second-order valence-corrected chi connectivity index (χ2v) is 2.63. The van der Waals surface area contributed by atoms with E-state index in [4.69, 9.17) is 18.9 Å². The summed E-state index contributed by atoms with van der Waals surface area (Å²) in [5.74, 6) is 0. The Labute approximate surface area is 85.8 Å². The van der Waals surface area contributed by atoms with Gasteiger partial charge in [0, 0.05) is 27.2 Å². The maximum absolute atomic E-state index is 5.04. The van der Waals surface area contributed by atoms with Crippen molar-refractivity contribution < 1.29 is 18.9 Å². The number of rotatable bonds is 9. The van der Waals surface area contributed by atoms with Crippen molar-refractivity contribution in [1.29, 1.82) is 0 Å². The van der Waals surface area contributed by atoms with Gasteiger partial charge in [-0.15, -0.1) is 0 Å². The van der Waals surface area contributed by atoms with E-state index >= 15 is 0 Å². The lowest BCUT2D eigenvalue weighted by molar-refractivity contribution is -0.105. The number of ether oxygens (including phenoxy) is 4. The van der Waals surface area contributed by atoms with Crippen LogP contribution in [-0.4, -0.2) is 33.9 Å². The molecule has 0 atom stereocenters. The van der Waals surface area contributed by atoms with E-state index in [2.05, 4.69) is 0 Å². The molecule has 14 heavy (non-hydrogen) atoms. The van der Waals surface area contributed by atoms with Crippen molar-refractivity contribution in [1.82, 2.24) is 0 Å². The van der Waals surface area contributed by atoms with Crippen molar-refractivity contribution in [3.05, 3.63) is 12.3 Å². The van der Waals surface area contributed by atoms with Crippen molar-refractivity contribution in [3.63, 3.8) is 0 Å². The molecule has 0 rings (SSSR count). The van der Waals surface area contributed by atoms with E-state index in [1.807, 2.05) is 13.0 Å². The first-order chi connectivity index (χ1) is 6.85. The highest BCUT2D eigenvalue weighted by Gasteiger charge is 2.01. The highest BCUT2D eigenvalue weighted by molar-refractivity contribution is 4.73. The SMILES string of the molecule is CCOCOC=CCCC(OC)OC. The summed E-state index contributed by atoms with van der Waals surface area (Å²) in [5, 5.41) is 0. The summed E-state index contributed by atoms with van der Waals surface area (Å²) in [5.41, 5.74) is 0. The van der Waals surface area contributed by atoms with Gasteiger partial charge in [-0.1, -0.05) is 0 Å². The van der Waals surface area contributed by atoms with Crippen LogP contribution in [-0.2, 0) is 18.9 Å². The van der Waals surface area contributed by atoms with Crippen LogP contribution in [0.1, 0.15) is 19.8 Å². The van der Waals surface area contributed by atoms with Crippen LogP contribution in [0.15, 0.2) is 12.3 Å². The molecule has 0 N–H and O–H groups in total. The summed E-state index contributed by atoms with van der Waals surface area (Å²) in [6, 6.07) is 0. The largest absolute Gasteiger partial charge is 0.475 e. The molecular formula is C10H20O4. The monoisotopic (exact) mass is 204 g/mol. The van der Waals surface area contributed by atoms with Crippen molar-refractivity contribution in [2.24, 2.45) is 0 Å².